The smallest absolute Gasteiger partial charge is 0.274 e. The molecule has 36 heavy (non-hydrogen) atoms. The van der Waals surface area contributed by atoms with Gasteiger partial charge in [-0.3, -0.25) is 19.7 Å². The Hall–Kier alpha value is -4.76. The lowest BCUT2D eigenvalue weighted by molar-refractivity contribution is 0.0919. The number of aromatic nitrogens is 5. The van der Waals surface area contributed by atoms with Gasteiger partial charge in [0.1, 0.15) is 6.10 Å². The average Bonchev–Trinajstić information content (AvgIpc) is 3.23. The molecule has 6 rings (SSSR count). The van der Waals surface area contributed by atoms with Gasteiger partial charge in [0.05, 0.1) is 34.3 Å². The van der Waals surface area contributed by atoms with Crippen LogP contribution in [-0.2, 0) is 0 Å². The maximum Gasteiger partial charge on any atom is 0.274 e. The van der Waals surface area contributed by atoms with Crippen LogP contribution in [0.4, 0.5) is 5.82 Å². The van der Waals surface area contributed by atoms with Crippen molar-refractivity contribution in [3.8, 4) is 22.5 Å². The van der Waals surface area contributed by atoms with Crippen LogP contribution < -0.4 is 11.1 Å². The van der Waals surface area contributed by atoms with Crippen molar-refractivity contribution in [3.63, 3.8) is 0 Å². The molecule has 0 bridgehead atoms. The van der Waals surface area contributed by atoms with E-state index < -0.39 is 18.1 Å². The van der Waals surface area contributed by atoms with E-state index in [-0.39, 0.29) is 17.9 Å². The second kappa shape index (κ2) is 8.79. The van der Waals surface area contributed by atoms with E-state index in [2.05, 4.69) is 25.3 Å². The van der Waals surface area contributed by atoms with Crippen molar-refractivity contribution in [2.45, 2.75) is 18.6 Å². The summed E-state index contributed by atoms with van der Waals surface area (Å²) >= 11 is 0. The number of pyridine rings is 1. The van der Waals surface area contributed by atoms with Gasteiger partial charge in [-0.25, -0.2) is 9.97 Å². The van der Waals surface area contributed by atoms with Crippen LogP contribution in [0.1, 0.15) is 40.4 Å². The Bertz CT molecular complexity index is 1610. The molecule has 4 N–H and O–H groups in total. The number of anilines is 1. The Labute approximate surface area is 206 Å². The molecule has 2 aromatic carbocycles. The summed E-state index contributed by atoms with van der Waals surface area (Å²) in [6.07, 6.45) is 4.26. The number of nitrogens with zero attached hydrogens (tertiary/aromatic N) is 5. The number of nitrogens with two attached hydrogens (primary N) is 1. The molecule has 3 aromatic heterocycles. The second-order valence-corrected chi connectivity index (χ2v) is 8.54. The van der Waals surface area contributed by atoms with Crippen molar-refractivity contribution < 1.29 is 9.90 Å². The minimum atomic E-state index is -0.801. The van der Waals surface area contributed by atoms with Crippen LogP contribution in [0.25, 0.3) is 33.4 Å². The van der Waals surface area contributed by atoms with E-state index in [0.717, 1.165) is 22.0 Å². The normalized spacial score (nSPS) is 16.6. The van der Waals surface area contributed by atoms with Crippen molar-refractivity contribution in [3.05, 3.63) is 96.3 Å². The van der Waals surface area contributed by atoms with Crippen molar-refractivity contribution >= 4 is 22.6 Å². The molecule has 5 aromatic rings. The number of hydrogen-bond acceptors (Lipinski definition) is 8. The summed E-state index contributed by atoms with van der Waals surface area (Å²) in [6, 6.07) is 18.7. The average molecular weight is 476 g/mol. The Morgan fingerprint density at radius 3 is 2.47 bits per heavy atom. The van der Waals surface area contributed by atoms with Crippen LogP contribution >= 0.6 is 0 Å². The molecule has 3 heterocycles. The van der Waals surface area contributed by atoms with Crippen LogP contribution in [-0.4, -0.2) is 35.9 Å². The minimum Gasteiger partial charge on any atom is -0.387 e. The Morgan fingerprint density at radius 1 is 0.861 bits per heavy atom. The van der Waals surface area contributed by atoms with Gasteiger partial charge >= 0.3 is 0 Å². The molecule has 9 heteroatoms. The lowest BCUT2D eigenvalue weighted by Crippen LogP contribution is -2.30. The first-order valence-electron chi connectivity index (χ1n) is 11.5. The molecule has 9 nitrogen and oxygen atoms in total. The fourth-order valence-electron chi connectivity index (χ4n) is 4.52. The maximum absolute atomic E-state index is 13.3. The highest BCUT2D eigenvalue weighted by molar-refractivity contribution is 5.98. The molecule has 1 aliphatic rings. The van der Waals surface area contributed by atoms with Crippen molar-refractivity contribution in [1.29, 1.82) is 0 Å². The van der Waals surface area contributed by atoms with E-state index in [4.69, 9.17) is 10.7 Å². The van der Waals surface area contributed by atoms with Crippen LogP contribution in [0.3, 0.4) is 0 Å². The van der Waals surface area contributed by atoms with Crippen LogP contribution in [0.2, 0.25) is 0 Å². The topological polar surface area (TPSA) is 140 Å². The first kappa shape index (κ1) is 21.8. The summed E-state index contributed by atoms with van der Waals surface area (Å²) in [5, 5.41) is 14.2. The molecular weight excluding hydrogens is 454 g/mol. The number of carbonyl (C=O) groups is 1. The standard InChI is InChI=1S/C27H21N7O2/c28-26-25(27(36)32-19-14-20(35)24-23(19)30-11-12-31-24)33-22(21(34-26)15-5-2-1-3-6-15)17-8-9-18-16(13-17)7-4-10-29-18/h1-13,19-20,35H,14H2,(H2,28,34)(H,32,36). The molecule has 2 unspecified atom stereocenters. The number of nitrogen functional groups attached to an aromatic ring is 1. The van der Waals surface area contributed by atoms with Gasteiger partial charge in [0.2, 0.25) is 0 Å². The largest absolute Gasteiger partial charge is 0.387 e. The van der Waals surface area contributed by atoms with Gasteiger partial charge < -0.3 is 16.2 Å². The molecule has 0 saturated carbocycles. The molecule has 0 saturated heterocycles. The van der Waals surface area contributed by atoms with Crippen LogP contribution in [0, 0.1) is 0 Å². The molecule has 0 fully saturated rings. The monoisotopic (exact) mass is 475 g/mol. The molecule has 0 spiro atoms. The van der Waals surface area contributed by atoms with Gasteiger partial charge in [0, 0.05) is 41.5 Å². The molecule has 0 aliphatic heterocycles. The van der Waals surface area contributed by atoms with Gasteiger partial charge in [-0.15, -0.1) is 0 Å². The Kier molecular flexibility index (Phi) is 5.31. The molecule has 1 aliphatic carbocycles. The number of rotatable bonds is 4. The maximum atomic E-state index is 13.3. The van der Waals surface area contributed by atoms with Gasteiger partial charge in [0.25, 0.3) is 5.91 Å². The highest BCUT2D eigenvalue weighted by Gasteiger charge is 2.34. The van der Waals surface area contributed by atoms with E-state index in [1.165, 1.54) is 12.4 Å². The predicted molar refractivity (Wildman–Crippen MR) is 134 cm³/mol. The summed E-state index contributed by atoms with van der Waals surface area (Å²) in [5.74, 6) is -0.491. The number of benzene rings is 2. The van der Waals surface area contributed by atoms with Crippen molar-refractivity contribution in [2.24, 2.45) is 0 Å². The van der Waals surface area contributed by atoms with E-state index in [1.807, 2.05) is 60.7 Å². The number of amides is 1. The molecule has 1 amide bonds. The fourth-order valence-corrected chi connectivity index (χ4v) is 4.52. The van der Waals surface area contributed by atoms with Gasteiger partial charge in [-0.1, -0.05) is 42.5 Å². The number of nitrogens with one attached hydrogen (secondary N) is 1. The van der Waals surface area contributed by atoms with E-state index in [1.54, 1.807) is 6.20 Å². The zero-order valence-electron chi connectivity index (χ0n) is 19.0. The number of aliphatic hydroxyl groups excluding tert-OH is 1. The molecule has 2 atom stereocenters. The zero-order valence-corrected chi connectivity index (χ0v) is 19.0. The summed E-state index contributed by atoms with van der Waals surface area (Å²) in [5.41, 5.74) is 10.8. The third-order valence-corrected chi connectivity index (χ3v) is 6.23. The number of fused-ring (bicyclic) bond motifs is 2. The summed E-state index contributed by atoms with van der Waals surface area (Å²) in [4.78, 5) is 35.6. The summed E-state index contributed by atoms with van der Waals surface area (Å²) < 4.78 is 0. The van der Waals surface area contributed by atoms with E-state index in [9.17, 15) is 9.90 Å². The van der Waals surface area contributed by atoms with Crippen molar-refractivity contribution in [1.82, 2.24) is 30.2 Å². The second-order valence-electron chi connectivity index (χ2n) is 8.54. The summed E-state index contributed by atoms with van der Waals surface area (Å²) in [7, 11) is 0. The lowest BCUT2D eigenvalue weighted by atomic mass is 10.0. The first-order valence-corrected chi connectivity index (χ1v) is 11.5. The molecule has 176 valence electrons. The van der Waals surface area contributed by atoms with Gasteiger partial charge in [-0.2, -0.15) is 0 Å². The third kappa shape index (κ3) is 3.81. The SMILES string of the molecule is Nc1nc(-c2ccccc2)c(-c2ccc3ncccc3c2)nc1C(=O)NC1CC(O)c2nccnc21. The number of aliphatic hydroxyl groups is 1. The highest BCUT2D eigenvalue weighted by atomic mass is 16.3. The Morgan fingerprint density at radius 2 is 1.64 bits per heavy atom. The molecule has 0 radical (unpaired) electrons. The van der Waals surface area contributed by atoms with Crippen LogP contribution in [0.5, 0.6) is 0 Å². The Balaban J connectivity index is 1.44. The van der Waals surface area contributed by atoms with Crippen LogP contribution in [0.15, 0.2) is 79.3 Å². The molecular formula is C27H21N7O2. The highest BCUT2D eigenvalue weighted by Crippen LogP contribution is 2.36. The minimum absolute atomic E-state index is 0.00259. The zero-order chi connectivity index (χ0) is 24.6. The number of carbonyl (C=O) groups excluding carboxylic acids is 1. The van der Waals surface area contributed by atoms with Gasteiger partial charge in [-0.05, 0) is 18.2 Å². The van der Waals surface area contributed by atoms with E-state index in [0.29, 0.717) is 22.8 Å². The van der Waals surface area contributed by atoms with E-state index >= 15 is 0 Å². The third-order valence-electron chi connectivity index (χ3n) is 6.23. The van der Waals surface area contributed by atoms with Crippen molar-refractivity contribution in [2.75, 3.05) is 5.73 Å². The quantitative estimate of drug-likeness (QED) is 0.358. The summed E-state index contributed by atoms with van der Waals surface area (Å²) in [6.45, 7) is 0. The van der Waals surface area contributed by atoms with Gasteiger partial charge in [0.15, 0.2) is 11.5 Å². The number of hydrogen-bond donors (Lipinski definition) is 3. The first-order chi connectivity index (χ1) is 17.6. The predicted octanol–water partition coefficient (Wildman–Crippen LogP) is 3.64. The lowest BCUT2D eigenvalue weighted by Gasteiger charge is -2.16. The fraction of sp³-hybridized carbons (Fsp3) is 0.111.